The van der Waals surface area contributed by atoms with Gasteiger partial charge < -0.3 is 15.1 Å². The van der Waals surface area contributed by atoms with Crippen molar-refractivity contribution in [1.82, 2.24) is 9.88 Å². The highest BCUT2D eigenvalue weighted by atomic mass is 16.2. The van der Waals surface area contributed by atoms with E-state index < -0.39 is 0 Å². The van der Waals surface area contributed by atoms with Gasteiger partial charge in [0.1, 0.15) is 5.82 Å². The fraction of sp³-hybridized carbons (Fsp3) is 0.667. The molecule has 1 aromatic rings. The van der Waals surface area contributed by atoms with Crippen LogP contribution in [0.2, 0.25) is 0 Å². The summed E-state index contributed by atoms with van der Waals surface area (Å²) >= 11 is 0. The van der Waals surface area contributed by atoms with Gasteiger partial charge in [0.2, 0.25) is 11.8 Å². The van der Waals surface area contributed by atoms with Crippen LogP contribution in [-0.2, 0) is 9.59 Å². The van der Waals surface area contributed by atoms with Crippen molar-refractivity contribution in [3.63, 3.8) is 0 Å². The molecule has 1 aliphatic carbocycles. The van der Waals surface area contributed by atoms with Gasteiger partial charge in [-0.1, -0.05) is 26.7 Å². The molecule has 2 fully saturated rings. The summed E-state index contributed by atoms with van der Waals surface area (Å²) in [5.41, 5.74) is 0.763. The van der Waals surface area contributed by atoms with E-state index in [-0.39, 0.29) is 17.7 Å². The Hall–Kier alpha value is -2.11. The van der Waals surface area contributed by atoms with Crippen LogP contribution in [0.3, 0.4) is 0 Å². The molecule has 2 aliphatic rings. The molecule has 1 saturated carbocycles. The summed E-state index contributed by atoms with van der Waals surface area (Å²) in [6.07, 6.45) is 7.62. The smallest absolute Gasteiger partial charge is 0.227 e. The number of amides is 2. The standard InChI is InChI=1S/C21H32N4O2/c1-16(2)14-20(26)25-11-5-10-24(12-13-25)19-9-8-18(15-22-19)23-21(27)17-6-3-4-7-17/h8-9,15-17H,3-7,10-14H2,1-2H3,(H,23,27). The van der Waals surface area contributed by atoms with Gasteiger partial charge in [-0.05, 0) is 37.3 Å². The van der Waals surface area contributed by atoms with Crippen LogP contribution in [0.1, 0.15) is 52.4 Å². The molecule has 1 aromatic heterocycles. The van der Waals surface area contributed by atoms with Crippen LogP contribution in [0.4, 0.5) is 11.5 Å². The van der Waals surface area contributed by atoms with Gasteiger partial charge in [0, 0.05) is 38.5 Å². The summed E-state index contributed by atoms with van der Waals surface area (Å²) < 4.78 is 0. The van der Waals surface area contributed by atoms with E-state index in [1.165, 1.54) is 0 Å². The van der Waals surface area contributed by atoms with Gasteiger partial charge in [0.05, 0.1) is 11.9 Å². The second kappa shape index (κ2) is 9.20. The van der Waals surface area contributed by atoms with Crippen molar-refractivity contribution in [2.45, 2.75) is 52.4 Å². The summed E-state index contributed by atoms with van der Waals surface area (Å²) in [5.74, 6) is 1.84. The molecule has 6 heteroatoms. The number of carbonyl (C=O) groups is 2. The average molecular weight is 373 g/mol. The summed E-state index contributed by atoms with van der Waals surface area (Å²) in [5, 5.41) is 2.99. The first-order valence-corrected chi connectivity index (χ1v) is 10.3. The van der Waals surface area contributed by atoms with Crippen molar-refractivity contribution in [3.05, 3.63) is 18.3 Å². The number of rotatable bonds is 5. The molecule has 2 amide bonds. The molecule has 0 unspecified atom stereocenters. The highest BCUT2D eigenvalue weighted by Gasteiger charge is 2.23. The first-order chi connectivity index (χ1) is 13.0. The molecule has 6 nitrogen and oxygen atoms in total. The molecular weight excluding hydrogens is 340 g/mol. The fourth-order valence-corrected chi connectivity index (χ4v) is 3.95. The van der Waals surface area contributed by atoms with Crippen LogP contribution in [0, 0.1) is 11.8 Å². The maximum Gasteiger partial charge on any atom is 0.227 e. The Morgan fingerprint density at radius 3 is 2.56 bits per heavy atom. The lowest BCUT2D eigenvalue weighted by molar-refractivity contribution is -0.131. The van der Waals surface area contributed by atoms with Gasteiger partial charge in [-0.25, -0.2) is 4.98 Å². The molecule has 0 spiro atoms. The molecule has 0 radical (unpaired) electrons. The summed E-state index contributed by atoms with van der Waals surface area (Å²) in [6.45, 7) is 7.42. The molecule has 1 saturated heterocycles. The van der Waals surface area contributed by atoms with Crippen LogP contribution in [-0.4, -0.2) is 47.9 Å². The predicted octanol–water partition coefficient (Wildman–Crippen LogP) is 3.30. The summed E-state index contributed by atoms with van der Waals surface area (Å²) in [7, 11) is 0. The van der Waals surface area contributed by atoms with Gasteiger partial charge in [-0.3, -0.25) is 9.59 Å². The zero-order valence-corrected chi connectivity index (χ0v) is 16.6. The van der Waals surface area contributed by atoms with Crippen molar-refractivity contribution in [2.24, 2.45) is 11.8 Å². The third-order valence-electron chi connectivity index (χ3n) is 5.50. The molecule has 0 bridgehead atoms. The van der Waals surface area contributed by atoms with Crippen LogP contribution < -0.4 is 10.2 Å². The third kappa shape index (κ3) is 5.44. The number of aromatic nitrogens is 1. The molecule has 0 atom stereocenters. The maximum atomic E-state index is 12.3. The van der Waals surface area contributed by atoms with Crippen LogP contribution in [0.25, 0.3) is 0 Å². The minimum atomic E-state index is 0.121. The van der Waals surface area contributed by atoms with Crippen LogP contribution in [0.15, 0.2) is 18.3 Å². The lowest BCUT2D eigenvalue weighted by Crippen LogP contribution is -2.35. The Morgan fingerprint density at radius 1 is 1.11 bits per heavy atom. The van der Waals surface area contributed by atoms with E-state index in [1.54, 1.807) is 6.20 Å². The lowest BCUT2D eigenvalue weighted by atomic mass is 10.1. The minimum Gasteiger partial charge on any atom is -0.355 e. The average Bonchev–Trinajstić information content (AvgIpc) is 3.07. The van der Waals surface area contributed by atoms with Crippen molar-refractivity contribution < 1.29 is 9.59 Å². The van der Waals surface area contributed by atoms with Gasteiger partial charge in [0.25, 0.3) is 0 Å². The van der Waals surface area contributed by atoms with Crippen molar-refractivity contribution >= 4 is 23.3 Å². The third-order valence-corrected chi connectivity index (χ3v) is 5.50. The number of carbonyl (C=O) groups excluding carboxylic acids is 2. The Kier molecular flexibility index (Phi) is 6.69. The van der Waals surface area contributed by atoms with Gasteiger partial charge in [-0.15, -0.1) is 0 Å². The zero-order valence-electron chi connectivity index (χ0n) is 16.6. The molecular formula is C21H32N4O2. The van der Waals surface area contributed by atoms with Gasteiger partial charge in [-0.2, -0.15) is 0 Å². The number of nitrogens with zero attached hydrogens (tertiary/aromatic N) is 3. The minimum absolute atomic E-state index is 0.121. The highest BCUT2D eigenvalue weighted by molar-refractivity contribution is 5.92. The number of hydrogen-bond donors (Lipinski definition) is 1. The van der Waals surface area contributed by atoms with E-state index in [0.717, 1.165) is 69.8 Å². The predicted molar refractivity (Wildman–Crippen MR) is 108 cm³/mol. The lowest BCUT2D eigenvalue weighted by Gasteiger charge is -2.23. The van der Waals surface area contributed by atoms with E-state index in [9.17, 15) is 9.59 Å². The normalized spacial score (nSPS) is 18.6. The highest BCUT2D eigenvalue weighted by Crippen LogP contribution is 2.26. The number of pyridine rings is 1. The zero-order chi connectivity index (χ0) is 19.2. The van der Waals surface area contributed by atoms with Crippen molar-refractivity contribution in [1.29, 1.82) is 0 Å². The van der Waals surface area contributed by atoms with Crippen LogP contribution >= 0.6 is 0 Å². The second-order valence-corrected chi connectivity index (χ2v) is 8.20. The summed E-state index contributed by atoms with van der Waals surface area (Å²) in [6, 6.07) is 3.90. The quantitative estimate of drug-likeness (QED) is 0.861. The molecule has 148 valence electrons. The van der Waals surface area contributed by atoms with E-state index in [4.69, 9.17) is 0 Å². The topological polar surface area (TPSA) is 65.5 Å². The fourth-order valence-electron chi connectivity index (χ4n) is 3.95. The Balaban J connectivity index is 1.54. The molecule has 0 aromatic carbocycles. The van der Waals surface area contributed by atoms with E-state index >= 15 is 0 Å². The number of anilines is 2. The van der Waals surface area contributed by atoms with Crippen LogP contribution in [0.5, 0.6) is 0 Å². The van der Waals surface area contributed by atoms with Crippen molar-refractivity contribution in [3.8, 4) is 0 Å². The second-order valence-electron chi connectivity index (χ2n) is 8.20. The molecule has 1 N–H and O–H groups in total. The number of hydrogen-bond acceptors (Lipinski definition) is 4. The van der Waals surface area contributed by atoms with E-state index in [0.29, 0.717) is 12.3 Å². The SMILES string of the molecule is CC(C)CC(=O)N1CCCN(c2ccc(NC(=O)C3CCCC3)cn2)CC1. The largest absolute Gasteiger partial charge is 0.355 e. The molecule has 3 rings (SSSR count). The Morgan fingerprint density at radius 2 is 1.89 bits per heavy atom. The van der Waals surface area contributed by atoms with Gasteiger partial charge >= 0.3 is 0 Å². The first-order valence-electron chi connectivity index (χ1n) is 10.3. The molecule has 27 heavy (non-hydrogen) atoms. The Labute approximate surface area is 162 Å². The molecule has 1 aliphatic heterocycles. The maximum absolute atomic E-state index is 12.3. The van der Waals surface area contributed by atoms with Gasteiger partial charge in [0.15, 0.2) is 0 Å². The van der Waals surface area contributed by atoms with Crippen molar-refractivity contribution in [2.75, 3.05) is 36.4 Å². The van der Waals surface area contributed by atoms with E-state index in [1.807, 2.05) is 17.0 Å². The van der Waals surface area contributed by atoms with E-state index in [2.05, 4.69) is 29.0 Å². The molecule has 2 heterocycles. The summed E-state index contributed by atoms with van der Waals surface area (Å²) in [4.78, 5) is 33.3. The Bertz CT molecular complexity index is 638. The first kappa shape index (κ1) is 19.6. The number of nitrogens with one attached hydrogen (secondary N) is 1. The monoisotopic (exact) mass is 372 g/mol.